The number of hydrogen-bond acceptors (Lipinski definition) is 3. The van der Waals surface area contributed by atoms with Gasteiger partial charge in [0, 0.05) is 6.04 Å². The van der Waals surface area contributed by atoms with E-state index in [1.165, 1.54) is 38.5 Å². The molecule has 28 heavy (non-hydrogen) atoms. The normalized spacial score (nSPS) is 35.3. The van der Waals surface area contributed by atoms with Gasteiger partial charge in [-0.05, 0) is 87.7 Å². The number of fused-ring (bicyclic) bond motifs is 1. The first-order chi connectivity index (χ1) is 13.4. The number of hydrogen-bond donors (Lipinski definition) is 2. The van der Waals surface area contributed by atoms with Gasteiger partial charge in [0.05, 0.1) is 17.4 Å². The van der Waals surface area contributed by atoms with Crippen molar-refractivity contribution >= 4 is 23.2 Å². The molecule has 1 aromatic rings. The topological polar surface area (TPSA) is 61.4 Å². The van der Waals surface area contributed by atoms with Crippen LogP contribution < -0.4 is 15.5 Å². The number of carbonyl (C=O) groups is 2. The summed E-state index contributed by atoms with van der Waals surface area (Å²) in [5.74, 6) is 2.56. The highest BCUT2D eigenvalue weighted by molar-refractivity contribution is 6.11. The molecule has 0 saturated heterocycles. The maximum atomic E-state index is 13.3. The van der Waals surface area contributed by atoms with E-state index in [1.807, 2.05) is 31.2 Å². The molecule has 0 unspecified atom stereocenters. The van der Waals surface area contributed by atoms with Crippen LogP contribution in [0, 0.1) is 23.2 Å². The molecule has 2 amide bonds. The maximum absolute atomic E-state index is 13.3. The number of amides is 2. The van der Waals surface area contributed by atoms with Crippen LogP contribution in [0.1, 0.15) is 52.4 Å². The van der Waals surface area contributed by atoms with E-state index >= 15 is 0 Å². The van der Waals surface area contributed by atoms with E-state index in [1.54, 1.807) is 4.90 Å². The minimum absolute atomic E-state index is 0.0149. The molecule has 0 aromatic heterocycles. The summed E-state index contributed by atoms with van der Waals surface area (Å²) in [6, 6.07) is 7.57. The second-order valence-corrected chi connectivity index (χ2v) is 9.88. The van der Waals surface area contributed by atoms with Crippen LogP contribution in [0.25, 0.3) is 0 Å². The Balaban J connectivity index is 1.31. The molecule has 2 N–H and O–H groups in total. The van der Waals surface area contributed by atoms with Crippen molar-refractivity contribution in [3.63, 3.8) is 0 Å². The van der Waals surface area contributed by atoms with Gasteiger partial charge in [0.1, 0.15) is 6.54 Å². The molecule has 5 aliphatic rings. The molecule has 5 nitrogen and oxygen atoms in total. The second-order valence-electron chi connectivity index (χ2n) is 9.88. The molecular formula is C23H31N3O2. The fourth-order valence-corrected chi connectivity index (χ4v) is 6.99. The van der Waals surface area contributed by atoms with Crippen LogP contribution in [0.3, 0.4) is 0 Å². The smallest absolute Gasteiger partial charge is 0.244 e. The number of para-hydroxylation sites is 2. The van der Waals surface area contributed by atoms with E-state index < -0.39 is 0 Å². The molecule has 5 heteroatoms. The lowest BCUT2D eigenvalue weighted by molar-refractivity contribution is -0.124. The maximum Gasteiger partial charge on any atom is 0.244 e. The van der Waals surface area contributed by atoms with Crippen LogP contribution in [0.2, 0.25) is 0 Å². The van der Waals surface area contributed by atoms with Gasteiger partial charge in [0.25, 0.3) is 0 Å². The second kappa shape index (κ2) is 6.58. The van der Waals surface area contributed by atoms with Gasteiger partial charge in [-0.1, -0.05) is 12.1 Å². The summed E-state index contributed by atoms with van der Waals surface area (Å²) in [6.07, 6.45) is 8.26. The first-order valence-electron chi connectivity index (χ1n) is 10.9. The molecule has 1 aromatic carbocycles. The molecular weight excluding hydrogens is 350 g/mol. The number of carbonyl (C=O) groups excluding carboxylic acids is 2. The van der Waals surface area contributed by atoms with E-state index in [2.05, 4.69) is 17.6 Å². The third-order valence-corrected chi connectivity index (χ3v) is 7.91. The Kier molecular flexibility index (Phi) is 4.27. The zero-order valence-electron chi connectivity index (χ0n) is 16.9. The molecule has 6 rings (SSSR count). The fraction of sp³-hybridized carbons (Fsp3) is 0.652. The predicted molar refractivity (Wildman–Crippen MR) is 110 cm³/mol. The van der Waals surface area contributed by atoms with E-state index in [0.717, 1.165) is 23.4 Å². The van der Waals surface area contributed by atoms with Crippen molar-refractivity contribution in [1.82, 2.24) is 5.32 Å². The molecule has 4 fully saturated rings. The highest BCUT2D eigenvalue weighted by atomic mass is 16.2. The van der Waals surface area contributed by atoms with Crippen LogP contribution in [-0.4, -0.2) is 30.4 Å². The summed E-state index contributed by atoms with van der Waals surface area (Å²) in [6.45, 7) is 4.33. The minimum Gasteiger partial charge on any atom is -0.323 e. The fourth-order valence-electron chi connectivity index (χ4n) is 6.99. The van der Waals surface area contributed by atoms with Gasteiger partial charge in [0.15, 0.2) is 0 Å². The number of nitrogens with one attached hydrogen (secondary N) is 2. The SMILES string of the molecule is C[C@H](N[C@@H](C)C12CC3CC(CC(C3)C1)C2)C(=O)N1CC(=O)Nc2ccccc21. The van der Waals surface area contributed by atoms with Crippen molar-refractivity contribution in [1.29, 1.82) is 0 Å². The van der Waals surface area contributed by atoms with E-state index in [-0.39, 0.29) is 24.4 Å². The molecule has 1 heterocycles. The lowest BCUT2D eigenvalue weighted by atomic mass is 9.48. The molecule has 0 radical (unpaired) electrons. The Bertz CT molecular complexity index is 770. The van der Waals surface area contributed by atoms with Gasteiger partial charge in [0.2, 0.25) is 11.8 Å². The highest BCUT2D eigenvalue weighted by Crippen LogP contribution is 2.61. The first kappa shape index (κ1) is 18.2. The average Bonchev–Trinajstić information content (AvgIpc) is 2.65. The van der Waals surface area contributed by atoms with Crippen LogP contribution in [0.15, 0.2) is 24.3 Å². The van der Waals surface area contributed by atoms with Gasteiger partial charge in [-0.2, -0.15) is 0 Å². The third kappa shape index (κ3) is 2.95. The van der Waals surface area contributed by atoms with Crippen LogP contribution in [0.5, 0.6) is 0 Å². The molecule has 0 spiro atoms. The number of anilines is 2. The summed E-state index contributed by atoms with van der Waals surface area (Å²) in [5.41, 5.74) is 1.87. The Labute approximate surface area is 167 Å². The molecule has 4 bridgehead atoms. The van der Waals surface area contributed by atoms with E-state index in [9.17, 15) is 9.59 Å². The Morgan fingerprint density at radius 2 is 1.71 bits per heavy atom. The zero-order valence-corrected chi connectivity index (χ0v) is 16.9. The van der Waals surface area contributed by atoms with Crippen LogP contribution in [0.4, 0.5) is 11.4 Å². The Hall–Kier alpha value is -1.88. The van der Waals surface area contributed by atoms with E-state index in [4.69, 9.17) is 0 Å². The van der Waals surface area contributed by atoms with Crippen molar-refractivity contribution in [2.75, 3.05) is 16.8 Å². The lowest BCUT2D eigenvalue weighted by Crippen LogP contribution is -2.59. The van der Waals surface area contributed by atoms with Gasteiger partial charge >= 0.3 is 0 Å². The van der Waals surface area contributed by atoms with Gasteiger partial charge in [-0.3, -0.25) is 14.5 Å². The van der Waals surface area contributed by atoms with E-state index in [0.29, 0.717) is 17.1 Å². The van der Waals surface area contributed by atoms with Crippen molar-refractivity contribution < 1.29 is 9.59 Å². The third-order valence-electron chi connectivity index (χ3n) is 7.91. The van der Waals surface area contributed by atoms with Crippen molar-refractivity contribution in [2.45, 2.75) is 64.5 Å². The van der Waals surface area contributed by atoms with Gasteiger partial charge in [-0.25, -0.2) is 0 Å². The quantitative estimate of drug-likeness (QED) is 0.838. The van der Waals surface area contributed by atoms with Gasteiger partial charge in [-0.15, -0.1) is 0 Å². The van der Waals surface area contributed by atoms with Crippen LogP contribution in [-0.2, 0) is 9.59 Å². The molecule has 4 aliphatic carbocycles. The summed E-state index contributed by atoms with van der Waals surface area (Å²) in [4.78, 5) is 27.0. The number of benzene rings is 1. The highest BCUT2D eigenvalue weighted by Gasteiger charge is 2.53. The molecule has 150 valence electrons. The zero-order chi connectivity index (χ0) is 19.5. The van der Waals surface area contributed by atoms with Gasteiger partial charge < -0.3 is 10.6 Å². The number of rotatable bonds is 4. The summed E-state index contributed by atoms with van der Waals surface area (Å²) in [7, 11) is 0. The summed E-state index contributed by atoms with van der Waals surface area (Å²) >= 11 is 0. The largest absolute Gasteiger partial charge is 0.323 e. The standard InChI is InChI=1S/C23H31N3O2/c1-14(22(28)26-13-21(27)25-19-5-3-4-6-20(19)26)24-15(2)23-10-16-7-17(11-23)9-18(8-16)12-23/h3-6,14-18,24H,7-13H2,1-2H3,(H,25,27)/t14-,15-,16?,17?,18?,23?/m0/s1. The van der Waals surface area contributed by atoms with Crippen molar-refractivity contribution in [3.8, 4) is 0 Å². The predicted octanol–water partition coefficient (Wildman–Crippen LogP) is 3.55. The Morgan fingerprint density at radius 1 is 1.11 bits per heavy atom. The number of nitrogens with zero attached hydrogens (tertiary/aromatic N) is 1. The molecule has 4 saturated carbocycles. The summed E-state index contributed by atoms with van der Waals surface area (Å²) < 4.78 is 0. The first-order valence-corrected chi connectivity index (χ1v) is 10.9. The average molecular weight is 382 g/mol. The molecule has 2 atom stereocenters. The lowest BCUT2D eigenvalue weighted by Gasteiger charge is -2.59. The minimum atomic E-state index is -0.304. The Morgan fingerprint density at radius 3 is 2.36 bits per heavy atom. The van der Waals surface area contributed by atoms with Crippen molar-refractivity contribution in [2.24, 2.45) is 23.2 Å². The molecule has 1 aliphatic heterocycles. The monoisotopic (exact) mass is 381 g/mol. The van der Waals surface area contributed by atoms with Crippen LogP contribution >= 0.6 is 0 Å². The van der Waals surface area contributed by atoms with Crippen molar-refractivity contribution in [3.05, 3.63) is 24.3 Å². The summed E-state index contributed by atoms with van der Waals surface area (Å²) in [5, 5.41) is 6.52.